The van der Waals surface area contributed by atoms with Crippen molar-refractivity contribution >= 4 is 11.4 Å². The van der Waals surface area contributed by atoms with Crippen molar-refractivity contribution < 1.29 is 5.11 Å². The molecular formula is C15H16N2O. The number of phenols is 1. The summed E-state index contributed by atoms with van der Waals surface area (Å²) in [6.07, 6.45) is 0. The summed E-state index contributed by atoms with van der Waals surface area (Å²) >= 11 is 0. The number of hydrogen-bond donors (Lipinski definition) is 2. The maximum absolute atomic E-state index is 9.85. The number of hydrogen-bond acceptors (Lipinski definition) is 3. The van der Waals surface area contributed by atoms with Crippen LogP contribution in [0.5, 0.6) is 5.75 Å². The van der Waals surface area contributed by atoms with Crippen molar-refractivity contribution in [3.05, 3.63) is 59.7 Å². The Kier molecular flexibility index (Phi) is 3.63. The smallest absolute Gasteiger partial charge is 0.124 e. The maximum atomic E-state index is 9.85. The number of nitrogens with zero attached hydrogens (tertiary/aromatic N) is 1. The molecule has 0 aliphatic carbocycles. The van der Waals surface area contributed by atoms with Crippen LogP contribution in [0.2, 0.25) is 0 Å². The van der Waals surface area contributed by atoms with E-state index in [0.717, 1.165) is 22.5 Å². The normalized spacial score (nSPS) is 11.3. The molecule has 3 heteroatoms. The second-order valence-corrected chi connectivity index (χ2v) is 4.20. The third-order valence-corrected chi connectivity index (χ3v) is 2.67. The van der Waals surface area contributed by atoms with Gasteiger partial charge in [0.15, 0.2) is 0 Å². The summed E-state index contributed by atoms with van der Waals surface area (Å²) in [7, 11) is 0. The van der Waals surface area contributed by atoms with Gasteiger partial charge in [0.1, 0.15) is 5.75 Å². The molecule has 0 radical (unpaired) electrons. The molecule has 0 aliphatic rings. The first-order valence-electron chi connectivity index (χ1n) is 5.82. The molecule has 0 saturated heterocycles. The molecule has 0 unspecified atom stereocenters. The molecule has 2 rings (SSSR count). The second kappa shape index (κ2) is 5.36. The van der Waals surface area contributed by atoms with E-state index in [-0.39, 0.29) is 5.75 Å². The first kappa shape index (κ1) is 12.2. The van der Waals surface area contributed by atoms with E-state index in [9.17, 15) is 5.11 Å². The van der Waals surface area contributed by atoms with Crippen LogP contribution in [0.1, 0.15) is 18.1 Å². The number of nitrogens with one attached hydrogen (secondary N) is 1. The zero-order valence-electron chi connectivity index (χ0n) is 10.5. The predicted molar refractivity (Wildman–Crippen MR) is 75.1 cm³/mol. The van der Waals surface area contributed by atoms with Crippen LogP contribution in [0.3, 0.4) is 0 Å². The molecule has 0 atom stereocenters. The van der Waals surface area contributed by atoms with Crippen LogP contribution in [0.4, 0.5) is 5.69 Å². The lowest BCUT2D eigenvalue weighted by Crippen LogP contribution is -2.00. The molecule has 0 saturated carbocycles. The van der Waals surface area contributed by atoms with Crippen molar-refractivity contribution in [2.24, 2.45) is 5.10 Å². The Morgan fingerprint density at radius 3 is 2.50 bits per heavy atom. The summed E-state index contributed by atoms with van der Waals surface area (Å²) in [6.45, 7) is 3.80. The standard InChI is InChI=1S/C15H16N2O/c1-11-8-9-14(15(18)10-11)12(2)16-17-13-6-4-3-5-7-13/h3-10,17-18H,1-2H3/b16-12-. The Morgan fingerprint density at radius 2 is 1.83 bits per heavy atom. The van der Waals surface area contributed by atoms with Gasteiger partial charge in [0.05, 0.1) is 11.4 Å². The van der Waals surface area contributed by atoms with Gasteiger partial charge in [-0.25, -0.2) is 0 Å². The fourth-order valence-electron chi connectivity index (χ4n) is 1.67. The van der Waals surface area contributed by atoms with Gasteiger partial charge in [-0.2, -0.15) is 5.10 Å². The van der Waals surface area contributed by atoms with Gasteiger partial charge in [0, 0.05) is 5.56 Å². The monoisotopic (exact) mass is 240 g/mol. The SMILES string of the molecule is C/C(=N/Nc1ccccc1)c1ccc(C)cc1O. The minimum absolute atomic E-state index is 0.256. The first-order chi connectivity index (χ1) is 8.66. The van der Waals surface area contributed by atoms with Crippen LogP contribution in [0.15, 0.2) is 53.6 Å². The average molecular weight is 240 g/mol. The molecule has 0 bridgehead atoms. The van der Waals surface area contributed by atoms with Gasteiger partial charge in [-0.3, -0.25) is 5.43 Å². The molecule has 0 heterocycles. The lowest BCUT2D eigenvalue weighted by molar-refractivity contribution is 0.473. The Bertz CT molecular complexity index is 562. The molecular weight excluding hydrogens is 224 g/mol. The van der Waals surface area contributed by atoms with Gasteiger partial charge < -0.3 is 5.11 Å². The number of phenolic OH excluding ortho intramolecular Hbond substituents is 1. The minimum Gasteiger partial charge on any atom is -0.507 e. The van der Waals surface area contributed by atoms with Crippen LogP contribution in [0, 0.1) is 6.92 Å². The maximum Gasteiger partial charge on any atom is 0.124 e. The lowest BCUT2D eigenvalue weighted by atomic mass is 10.1. The van der Waals surface area contributed by atoms with Crippen molar-refractivity contribution in [2.75, 3.05) is 5.43 Å². The van der Waals surface area contributed by atoms with E-state index >= 15 is 0 Å². The molecule has 3 nitrogen and oxygen atoms in total. The molecule has 18 heavy (non-hydrogen) atoms. The molecule has 0 amide bonds. The molecule has 2 N–H and O–H groups in total. The van der Waals surface area contributed by atoms with Crippen molar-refractivity contribution in [3.8, 4) is 5.75 Å². The Balaban J connectivity index is 2.18. The fraction of sp³-hybridized carbons (Fsp3) is 0.133. The van der Waals surface area contributed by atoms with E-state index in [2.05, 4.69) is 10.5 Å². The highest BCUT2D eigenvalue weighted by Crippen LogP contribution is 2.19. The third-order valence-electron chi connectivity index (χ3n) is 2.67. The van der Waals surface area contributed by atoms with Gasteiger partial charge >= 0.3 is 0 Å². The summed E-state index contributed by atoms with van der Waals surface area (Å²) in [4.78, 5) is 0. The molecule has 0 fully saturated rings. The van der Waals surface area contributed by atoms with Gasteiger partial charge in [-0.15, -0.1) is 0 Å². The summed E-state index contributed by atoms with van der Waals surface area (Å²) in [6, 6.07) is 15.3. The summed E-state index contributed by atoms with van der Waals surface area (Å²) in [5, 5.41) is 14.1. The largest absolute Gasteiger partial charge is 0.507 e. The minimum atomic E-state index is 0.256. The number of hydrazone groups is 1. The number of benzene rings is 2. The third kappa shape index (κ3) is 2.88. The second-order valence-electron chi connectivity index (χ2n) is 4.20. The van der Waals surface area contributed by atoms with Gasteiger partial charge in [0.2, 0.25) is 0 Å². The van der Waals surface area contributed by atoms with Crippen molar-refractivity contribution in [1.82, 2.24) is 0 Å². The molecule has 0 aromatic heterocycles. The van der Waals surface area contributed by atoms with E-state index in [1.807, 2.05) is 56.3 Å². The van der Waals surface area contributed by atoms with Crippen molar-refractivity contribution in [3.63, 3.8) is 0 Å². The lowest BCUT2D eigenvalue weighted by Gasteiger charge is -2.06. The van der Waals surface area contributed by atoms with E-state index in [1.54, 1.807) is 6.07 Å². The van der Waals surface area contributed by atoms with Gasteiger partial charge in [-0.05, 0) is 43.7 Å². The highest BCUT2D eigenvalue weighted by Gasteiger charge is 2.04. The summed E-state index contributed by atoms with van der Waals surface area (Å²) in [5.41, 5.74) is 6.40. The molecule has 2 aromatic rings. The molecule has 2 aromatic carbocycles. The Morgan fingerprint density at radius 1 is 1.11 bits per heavy atom. The van der Waals surface area contributed by atoms with Gasteiger partial charge in [-0.1, -0.05) is 24.3 Å². The topological polar surface area (TPSA) is 44.6 Å². The number of anilines is 1. The Labute approximate surface area is 107 Å². The molecule has 0 aliphatic heterocycles. The van der Waals surface area contributed by atoms with Crippen LogP contribution >= 0.6 is 0 Å². The van der Waals surface area contributed by atoms with Crippen molar-refractivity contribution in [2.45, 2.75) is 13.8 Å². The highest BCUT2D eigenvalue weighted by molar-refractivity contribution is 6.01. The van der Waals surface area contributed by atoms with Crippen LogP contribution in [-0.2, 0) is 0 Å². The van der Waals surface area contributed by atoms with Gasteiger partial charge in [0.25, 0.3) is 0 Å². The van der Waals surface area contributed by atoms with Crippen LogP contribution in [0.25, 0.3) is 0 Å². The first-order valence-corrected chi connectivity index (χ1v) is 5.82. The number of aromatic hydroxyl groups is 1. The summed E-state index contributed by atoms with van der Waals surface area (Å²) < 4.78 is 0. The number of rotatable bonds is 3. The van der Waals surface area contributed by atoms with Crippen molar-refractivity contribution in [1.29, 1.82) is 0 Å². The number of aryl methyl sites for hydroxylation is 1. The zero-order chi connectivity index (χ0) is 13.0. The zero-order valence-corrected chi connectivity index (χ0v) is 10.5. The molecule has 92 valence electrons. The van der Waals surface area contributed by atoms with E-state index in [4.69, 9.17) is 0 Å². The summed E-state index contributed by atoms with van der Waals surface area (Å²) in [5.74, 6) is 0.256. The van der Waals surface area contributed by atoms with E-state index in [1.165, 1.54) is 0 Å². The van der Waals surface area contributed by atoms with Crippen LogP contribution in [-0.4, -0.2) is 10.8 Å². The molecule has 0 spiro atoms. The number of para-hydroxylation sites is 1. The van der Waals surface area contributed by atoms with Crippen LogP contribution < -0.4 is 5.43 Å². The van der Waals surface area contributed by atoms with E-state index in [0.29, 0.717) is 0 Å². The average Bonchev–Trinajstić information content (AvgIpc) is 2.37. The highest BCUT2D eigenvalue weighted by atomic mass is 16.3. The predicted octanol–water partition coefficient (Wildman–Crippen LogP) is 3.54. The fourth-order valence-corrected chi connectivity index (χ4v) is 1.67. The quantitative estimate of drug-likeness (QED) is 0.636. The van der Waals surface area contributed by atoms with E-state index < -0.39 is 0 Å². The Hall–Kier alpha value is -2.29.